The maximum Gasteiger partial charge on any atom is 0.0871 e. The van der Waals surface area contributed by atoms with Crippen LogP contribution < -0.4 is 5.19 Å². The van der Waals surface area contributed by atoms with Crippen molar-refractivity contribution in [2.75, 3.05) is 0 Å². The lowest BCUT2D eigenvalue weighted by Gasteiger charge is -2.28. The molecule has 1 aromatic rings. The zero-order valence-corrected chi connectivity index (χ0v) is 10.9. The summed E-state index contributed by atoms with van der Waals surface area (Å²) >= 11 is 0. The van der Waals surface area contributed by atoms with E-state index in [9.17, 15) is 0 Å². The van der Waals surface area contributed by atoms with Crippen LogP contribution in [0.2, 0.25) is 18.6 Å². The fourth-order valence-electron chi connectivity index (χ4n) is 1.62. The summed E-state index contributed by atoms with van der Waals surface area (Å²) < 4.78 is 0. The second kappa shape index (κ2) is 5.13. The van der Waals surface area contributed by atoms with Crippen LogP contribution in [0.1, 0.15) is 6.92 Å². The minimum Gasteiger partial charge on any atom is -0.0991 e. The van der Waals surface area contributed by atoms with E-state index in [1.807, 2.05) is 6.08 Å². The average Bonchev–Trinajstić information content (AvgIpc) is 2.27. The Morgan fingerprint density at radius 3 is 2.33 bits per heavy atom. The van der Waals surface area contributed by atoms with E-state index in [0.29, 0.717) is 5.54 Å². The van der Waals surface area contributed by atoms with Crippen LogP contribution in [-0.2, 0) is 0 Å². The third kappa shape index (κ3) is 2.93. The quantitative estimate of drug-likeness (QED) is 0.531. The molecule has 0 aromatic heterocycles. The number of hydrogen-bond acceptors (Lipinski definition) is 0. The molecule has 0 nitrogen and oxygen atoms in total. The molecule has 1 aromatic carbocycles. The Balaban J connectivity index is 2.92. The molecule has 0 aliphatic rings. The van der Waals surface area contributed by atoms with Crippen molar-refractivity contribution in [3.8, 4) is 0 Å². The molecular formula is C14H20Si. The predicted molar refractivity (Wildman–Crippen MR) is 72.3 cm³/mol. The zero-order valence-electron chi connectivity index (χ0n) is 9.90. The lowest BCUT2D eigenvalue weighted by Crippen LogP contribution is -2.44. The third-order valence-corrected chi connectivity index (χ3v) is 7.48. The van der Waals surface area contributed by atoms with Gasteiger partial charge in [0.2, 0.25) is 0 Å². The summed E-state index contributed by atoms with van der Waals surface area (Å²) in [6.45, 7) is 10.9. The van der Waals surface area contributed by atoms with Gasteiger partial charge in [-0.2, -0.15) is 0 Å². The van der Waals surface area contributed by atoms with Gasteiger partial charge in [-0.25, -0.2) is 0 Å². The lowest BCUT2D eigenvalue weighted by molar-refractivity contribution is 1.14. The molecule has 0 bridgehead atoms. The predicted octanol–water partition coefficient (Wildman–Crippen LogP) is 3.73. The number of hydrogen-bond donors (Lipinski definition) is 0. The van der Waals surface area contributed by atoms with Gasteiger partial charge < -0.3 is 0 Å². The topological polar surface area (TPSA) is 0 Å². The summed E-state index contributed by atoms with van der Waals surface area (Å²) in [5.41, 5.74) is 0.637. The second-order valence-corrected chi connectivity index (χ2v) is 9.43. The van der Waals surface area contributed by atoms with Crippen LogP contribution in [0, 0.1) is 0 Å². The largest absolute Gasteiger partial charge is 0.0991 e. The second-order valence-electron chi connectivity index (χ2n) is 4.50. The van der Waals surface area contributed by atoms with Crippen molar-refractivity contribution < 1.29 is 0 Å². The molecule has 0 spiro atoms. The van der Waals surface area contributed by atoms with Gasteiger partial charge in [0.05, 0.1) is 8.07 Å². The fraction of sp³-hybridized carbons (Fsp3) is 0.286. The van der Waals surface area contributed by atoms with Crippen LogP contribution in [0.15, 0.2) is 55.1 Å². The highest BCUT2D eigenvalue weighted by Gasteiger charge is 2.28. The highest BCUT2D eigenvalue weighted by Crippen LogP contribution is 2.22. The number of allylic oxidation sites excluding steroid dienone is 3. The van der Waals surface area contributed by atoms with E-state index >= 15 is 0 Å². The Hall–Kier alpha value is -1.08. The van der Waals surface area contributed by atoms with Crippen molar-refractivity contribution >= 4 is 13.3 Å². The standard InChI is InChI=1S/C14H20Si/c1-5-6-10-13(2)15(3,4)14-11-8-7-9-12-14/h5-13H,1H2,2-4H3/b10-6-. The Morgan fingerprint density at radius 2 is 1.80 bits per heavy atom. The average molecular weight is 216 g/mol. The highest BCUT2D eigenvalue weighted by atomic mass is 28.3. The Labute approximate surface area is 94.4 Å². The Morgan fingerprint density at radius 1 is 1.20 bits per heavy atom. The van der Waals surface area contributed by atoms with Gasteiger partial charge in [0.1, 0.15) is 0 Å². The van der Waals surface area contributed by atoms with Gasteiger partial charge in [-0.3, -0.25) is 0 Å². The van der Waals surface area contributed by atoms with E-state index in [2.05, 4.69) is 69.1 Å². The van der Waals surface area contributed by atoms with Crippen molar-refractivity contribution in [1.29, 1.82) is 0 Å². The van der Waals surface area contributed by atoms with Gasteiger partial charge in [0.25, 0.3) is 0 Å². The van der Waals surface area contributed by atoms with Crippen LogP contribution in [-0.4, -0.2) is 8.07 Å². The Kier molecular flexibility index (Phi) is 4.10. The summed E-state index contributed by atoms with van der Waals surface area (Å²) in [4.78, 5) is 0. The number of benzene rings is 1. The molecule has 1 atom stereocenters. The molecule has 1 heteroatoms. The minimum atomic E-state index is -1.35. The molecule has 0 saturated carbocycles. The SMILES string of the molecule is C=C/C=C\C(C)[Si](C)(C)c1ccccc1. The maximum atomic E-state index is 3.72. The summed E-state index contributed by atoms with van der Waals surface area (Å²) in [6, 6.07) is 10.9. The molecule has 80 valence electrons. The van der Waals surface area contributed by atoms with E-state index < -0.39 is 8.07 Å². The van der Waals surface area contributed by atoms with Crippen molar-refractivity contribution in [3.05, 3.63) is 55.1 Å². The molecule has 0 aliphatic heterocycles. The van der Waals surface area contributed by atoms with Crippen LogP contribution >= 0.6 is 0 Å². The fourth-order valence-corrected chi connectivity index (χ4v) is 3.79. The first-order valence-corrected chi connectivity index (χ1v) is 8.51. The third-order valence-electron chi connectivity index (χ3n) is 3.19. The zero-order chi connectivity index (χ0) is 11.3. The number of rotatable bonds is 4. The highest BCUT2D eigenvalue weighted by molar-refractivity contribution is 6.91. The van der Waals surface area contributed by atoms with E-state index in [4.69, 9.17) is 0 Å². The monoisotopic (exact) mass is 216 g/mol. The van der Waals surface area contributed by atoms with E-state index in [-0.39, 0.29) is 0 Å². The first kappa shape index (κ1) is 12.0. The van der Waals surface area contributed by atoms with Gasteiger partial charge in [-0.1, -0.05) is 80.3 Å². The molecule has 0 saturated heterocycles. The van der Waals surface area contributed by atoms with Gasteiger partial charge in [0.15, 0.2) is 0 Å². The Bertz CT molecular complexity index is 336. The van der Waals surface area contributed by atoms with Crippen LogP contribution in [0.3, 0.4) is 0 Å². The summed E-state index contributed by atoms with van der Waals surface area (Å²) in [7, 11) is -1.35. The molecule has 0 fully saturated rings. The van der Waals surface area contributed by atoms with Crippen LogP contribution in [0.25, 0.3) is 0 Å². The molecule has 0 aliphatic carbocycles. The van der Waals surface area contributed by atoms with Crippen molar-refractivity contribution in [3.63, 3.8) is 0 Å². The van der Waals surface area contributed by atoms with E-state index in [0.717, 1.165) is 0 Å². The van der Waals surface area contributed by atoms with Gasteiger partial charge >= 0.3 is 0 Å². The maximum absolute atomic E-state index is 3.72. The lowest BCUT2D eigenvalue weighted by atomic mass is 10.4. The van der Waals surface area contributed by atoms with Gasteiger partial charge in [-0.15, -0.1) is 0 Å². The summed E-state index contributed by atoms with van der Waals surface area (Å²) in [5, 5.41) is 1.52. The molecule has 0 amide bonds. The summed E-state index contributed by atoms with van der Waals surface area (Å²) in [6.07, 6.45) is 6.18. The smallest absolute Gasteiger partial charge is 0.0871 e. The molecular weight excluding hydrogens is 196 g/mol. The molecule has 0 heterocycles. The first-order chi connectivity index (χ1) is 7.09. The molecule has 1 rings (SSSR count). The van der Waals surface area contributed by atoms with E-state index in [1.165, 1.54) is 5.19 Å². The van der Waals surface area contributed by atoms with Crippen LogP contribution in [0.4, 0.5) is 0 Å². The van der Waals surface area contributed by atoms with Gasteiger partial charge in [0, 0.05) is 0 Å². The normalized spacial score (nSPS) is 14.1. The molecule has 15 heavy (non-hydrogen) atoms. The van der Waals surface area contributed by atoms with Crippen molar-refractivity contribution in [1.82, 2.24) is 0 Å². The van der Waals surface area contributed by atoms with Crippen molar-refractivity contribution in [2.24, 2.45) is 0 Å². The molecule has 0 radical (unpaired) electrons. The summed E-state index contributed by atoms with van der Waals surface area (Å²) in [5.74, 6) is 0. The molecule has 0 N–H and O–H groups in total. The van der Waals surface area contributed by atoms with Crippen molar-refractivity contribution in [2.45, 2.75) is 25.6 Å². The van der Waals surface area contributed by atoms with Crippen LogP contribution in [0.5, 0.6) is 0 Å². The van der Waals surface area contributed by atoms with Gasteiger partial charge in [-0.05, 0) is 5.54 Å². The molecule has 1 unspecified atom stereocenters. The first-order valence-electron chi connectivity index (χ1n) is 5.43. The van der Waals surface area contributed by atoms with E-state index in [1.54, 1.807) is 0 Å². The minimum absolute atomic E-state index is 0.637.